The van der Waals surface area contributed by atoms with Crippen LogP contribution in [0.25, 0.3) is 0 Å². The summed E-state index contributed by atoms with van der Waals surface area (Å²) >= 11 is 0. The number of carbonyl (C=O) groups excluding carboxylic acids is 2. The molecule has 0 saturated carbocycles. The fourth-order valence-electron chi connectivity index (χ4n) is 4.04. The lowest BCUT2D eigenvalue weighted by molar-refractivity contribution is -0.143. The maximum atomic E-state index is 13.2. The summed E-state index contributed by atoms with van der Waals surface area (Å²) in [6.45, 7) is 2.14. The predicted octanol–water partition coefficient (Wildman–Crippen LogP) is 1.93. The van der Waals surface area contributed by atoms with Crippen LogP contribution in [-0.2, 0) is 9.59 Å². The molecule has 28 heavy (non-hydrogen) atoms. The van der Waals surface area contributed by atoms with Crippen LogP contribution in [0.2, 0.25) is 0 Å². The average molecular weight is 379 g/mol. The fraction of sp³-hybridized carbons (Fsp3) is 0.429. The number of anilines is 1. The molecule has 146 valence electrons. The van der Waals surface area contributed by atoms with Gasteiger partial charge in [0.1, 0.15) is 6.04 Å². The monoisotopic (exact) mass is 379 g/mol. The van der Waals surface area contributed by atoms with Crippen molar-refractivity contribution in [1.29, 1.82) is 0 Å². The first kappa shape index (κ1) is 18.4. The number of hydrogen-bond acceptors (Lipinski definition) is 5. The third kappa shape index (κ3) is 3.98. The molecule has 2 unspecified atom stereocenters. The third-order valence-electron chi connectivity index (χ3n) is 5.45. The Morgan fingerprint density at radius 3 is 2.71 bits per heavy atom. The lowest BCUT2D eigenvalue weighted by atomic mass is 10.00. The Kier molecular flexibility index (Phi) is 5.50. The molecule has 2 fully saturated rings. The minimum absolute atomic E-state index is 0.0283. The van der Waals surface area contributed by atoms with Crippen LogP contribution in [0.5, 0.6) is 0 Å². The van der Waals surface area contributed by atoms with Gasteiger partial charge in [0.15, 0.2) is 5.82 Å². The van der Waals surface area contributed by atoms with Crippen molar-refractivity contribution in [2.75, 3.05) is 24.5 Å². The largest absolute Gasteiger partial charge is 0.353 e. The van der Waals surface area contributed by atoms with Crippen LogP contribution in [0.3, 0.4) is 0 Å². The molecule has 2 aliphatic rings. The van der Waals surface area contributed by atoms with Crippen molar-refractivity contribution in [3.63, 3.8) is 0 Å². The van der Waals surface area contributed by atoms with E-state index >= 15 is 0 Å². The van der Waals surface area contributed by atoms with Crippen LogP contribution in [0.15, 0.2) is 48.7 Å². The Morgan fingerprint density at radius 1 is 1.11 bits per heavy atom. The second-order valence-corrected chi connectivity index (χ2v) is 7.38. The van der Waals surface area contributed by atoms with Gasteiger partial charge in [0.25, 0.3) is 0 Å². The van der Waals surface area contributed by atoms with Crippen molar-refractivity contribution in [3.8, 4) is 0 Å². The van der Waals surface area contributed by atoms with Crippen LogP contribution in [0.4, 0.5) is 5.82 Å². The van der Waals surface area contributed by atoms with E-state index in [1.54, 1.807) is 11.1 Å². The smallest absolute Gasteiger partial charge is 0.247 e. The van der Waals surface area contributed by atoms with Crippen molar-refractivity contribution in [3.05, 3.63) is 54.2 Å². The molecule has 1 N–H and O–H groups in total. The second-order valence-electron chi connectivity index (χ2n) is 7.38. The zero-order valence-electron chi connectivity index (χ0n) is 15.8. The van der Waals surface area contributed by atoms with E-state index in [9.17, 15) is 9.59 Å². The molecule has 1 aromatic carbocycles. The zero-order valence-corrected chi connectivity index (χ0v) is 15.8. The van der Waals surface area contributed by atoms with Gasteiger partial charge in [-0.25, -0.2) is 0 Å². The van der Waals surface area contributed by atoms with Crippen LogP contribution in [0, 0.1) is 0 Å². The summed E-state index contributed by atoms with van der Waals surface area (Å²) in [7, 11) is 0. The highest BCUT2D eigenvalue weighted by molar-refractivity contribution is 5.89. The Hall–Kier alpha value is -2.96. The molecular formula is C21H25N5O2. The van der Waals surface area contributed by atoms with Crippen LogP contribution in [-0.4, -0.2) is 52.6 Å². The van der Waals surface area contributed by atoms with E-state index in [0.717, 1.165) is 37.2 Å². The molecule has 7 heteroatoms. The van der Waals surface area contributed by atoms with Crippen LogP contribution >= 0.6 is 0 Å². The maximum Gasteiger partial charge on any atom is 0.247 e. The summed E-state index contributed by atoms with van der Waals surface area (Å²) in [4.78, 5) is 29.6. The molecule has 2 aromatic rings. The van der Waals surface area contributed by atoms with Crippen molar-refractivity contribution in [1.82, 2.24) is 20.4 Å². The molecule has 0 spiro atoms. The molecule has 2 atom stereocenters. The summed E-state index contributed by atoms with van der Waals surface area (Å²) in [5.41, 5.74) is 0.860. The molecule has 1 aromatic heterocycles. The molecule has 0 aliphatic carbocycles. The van der Waals surface area contributed by atoms with E-state index in [1.165, 1.54) is 0 Å². The van der Waals surface area contributed by atoms with Gasteiger partial charge in [-0.2, -0.15) is 5.10 Å². The number of aromatic nitrogens is 2. The van der Waals surface area contributed by atoms with Gasteiger partial charge in [-0.1, -0.05) is 30.3 Å². The molecule has 0 bridgehead atoms. The normalized spacial score (nSPS) is 20.9. The van der Waals surface area contributed by atoms with E-state index in [0.29, 0.717) is 19.5 Å². The summed E-state index contributed by atoms with van der Waals surface area (Å²) in [6.07, 6.45) is 4.84. The summed E-state index contributed by atoms with van der Waals surface area (Å²) in [5, 5.41) is 11.3. The Balaban J connectivity index is 1.48. The standard InChI is InChI=1S/C21H25N5O2/c27-19-10-4-5-13-26(19)20(16-7-2-1-3-8-16)21(28)23-17-11-14-25(15-17)18-9-6-12-22-24-18/h1-3,6-9,12,17,20H,4-5,10-11,13-15H2,(H,23,28). The lowest BCUT2D eigenvalue weighted by Gasteiger charge is -2.34. The van der Waals surface area contributed by atoms with Crippen molar-refractivity contribution in [2.24, 2.45) is 0 Å². The van der Waals surface area contributed by atoms with E-state index in [-0.39, 0.29) is 17.9 Å². The number of rotatable bonds is 5. The number of piperidine rings is 1. The number of hydrogen-bond donors (Lipinski definition) is 1. The molecule has 2 amide bonds. The van der Waals surface area contributed by atoms with Gasteiger partial charge < -0.3 is 15.1 Å². The van der Waals surface area contributed by atoms with Crippen LogP contribution < -0.4 is 10.2 Å². The number of carbonyl (C=O) groups is 2. The lowest BCUT2D eigenvalue weighted by Crippen LogP contribution is -2.48. The third-order valence-corrected chi connectivity index (χ3v) is 5.45. The Bertz CT molecular complexity index is 814. The molecule has 7 nitrogen and oxygen atoms in total. The summed E-state index contributed by atoms with van der Waals surface area (Å²) < 4.78 is 0. The van der Waals surface area contributed by atoms with E-state index < -0.39 is 6.04 Å². The first-order valence-electron chi connectivity index (χ1n) is 9.90. The van der Waals surface area contributed by atoms with Gasteiger partial charge in [0, 0.05) is 38.3 Å². The summed E-state index contributed by atoms with van der Waals surface area (Å²) in [5.74, 6) is 0.778. The van der Waals surface area contributed by atoms with Gasteiger partial charge in [-0.05, 0) is 37.0 Å². The van der Waals surface area contributed by atoms with Gasteiger partial charge in [0.2, 0.25) is 11.8 Å². The fourth-order valence-corrected chi connectivity index (χ4v) is 4.04. The highest BCUT2D eigenvalue weighted by Gasteiger charge is 2.34. The number of nitrogens with zero attached hydrogens (tertiary/aromatic N) is 4. The van der Waals surface area contributed by atoms with Gasteiger partial charge in [-0.15, -0.1) is 5.10 Å². The number of nitrogens with one attached hydrogen (secondary N) is 1. The molecule has 2 aliphatic heterocycles. The molecule has 4 rings (SSSR count). The maximum absolute atomic E-state index is 13.2. The molecule has 2 saturated heterocycles. The van der Waals surface area contributed by atoms with Crippen molar-refractivity contribution < 1.29 is 9.59 Å². The SMILES string of the molecule is O=C(NC1CCN(c2cccnn2)C1)C(c1ccccc1)N1CCCCC1=O. The zero-order chi connectivity index (χ0) is 19.3. The molecule has 0 radical (unpaired) electrons. The minimum atomic E-state index is -0.570. The number of benzene rings is 1. The quantitative estimate of drug-likeness (QED) is 0.859. The number of likely N-dealkylation sites (tertiary alicyclic amines) is 1. The second kappa shape index (κ2) is 8.37. The van der Waals surface area contributed by atoms with E-state index in [4.69, 9.17) is 0 Å². The molecule has 3 heterocycles. The molecular weight excluding hydrogens is 354 g/mol. The first-order valence-corrected chi connectivity index (χ1v) is 9.90. The topological polar surface area (TPSA) is 78.4 Å². The van der Waals surface area contributed by atoms with Crippen LogP contribution in [0.1, 0.15) is 37.3 Å². The van der Waals surface area contributed by atoms with Crippen molar-refractivity contribution >= 4 is 17.6 Å². The first-order chi connectivity index (χ1) is 13.7. The van der Waals surface area contributed by atoms with Gasteiger partial charge in [0.05, 0.1) is 0 Å². The predicted molar refractivity (Wildman–Crippen MR) is 106 cm³/mol. The highest BCUT2D eigenvalue weighted by atomic mass is 16.2. The highest BCUT2D eigenvalue weighted by Crippen LogP contribution is 2.26. The number of amides is 2. The Labute approximate surface area is 164 Å². The minimum Gasteiger partial charge on any atom is -0.353 e. The van der Waals surface area contributed by atoms with E-state index in [2.05, 4.69) is 20.4 Å². The van der Waals surface area contributed by atoms with Crippen molar-refractivity contribution in [2.45, 2.75) is 37.8 Å². The Morgan fingerprint density at radius 2 is 1.96 bits per heavy atom. The van der Waals surface area contributed by atoms with E-state index in [1.807, 2.05) is 42.5 Å². The van der Waals surface area contributed by atoms with Gasteiger partial charge in [-0.3, -0.25) is 9.59 Å². The van der Waals surface area contributed by atoms with Gasteiger partial charge >= 0.3 is 0 Å². The summed E-state index contributed by atoms with van der Waals surface area (Å²) in [6, 6.07) is 12.8. The average Bonchev–Trinajstić information content (AvgIpc) is 3.20.